The number of hydrogen-bond donors (Lipinski definition) is 1. The van der Waals surface area contributed by atoms with Crippen LogP contribution in [0.2, 0.25) is 0 Å². The van der Waals surface area contributed by atoms with Gasteiger partial charge in [0.2, 0.25) is 0 Å². The van der Waals surface area contributed by atoms with Crippen molar-refractivity contribution in [3.63, 3.8) is 0 Å². The van der Waals surface area contributed by atoms with Crippen LogP contribution in [0.1, 0.15) is 26.2 Å². The first-order chi connectivity index (χ1) is 3.86. The highest BCUT2D eigenvalue weighted by molar-refractivity contribution is 4.95. The predicted octanol–water partition coefficient (Wildman–Crippen LogP) is 1.15. The Morgan fingerprint density at radius 2 is 2.25 bits per heavy atom. The van der Waals surface area contributed by atoms with Crippen LogP contribution in [0.25, 0.3) is 0 Å². The largest absolute Gasteiger partial charge is 0.311 e. The Labute approximate surface area is 50.5 Å². The summed E-state index contributed by atoms with van der Waals surface area (Å²) in [6, 6.07) is 1.79. The smallest absolute Gasteiger partial charge is 0.00964 e. The molecule has 2 saturated heterocycles. The summed E-state index contributed by atoms with van der Waals surface area (Å²) in [6.07, 6.45) is 4.31. The molecule has 0 unspecified atom stereocenters. The Bertz CT molecular complexity index is 98.6. The minimum atomic E-state index is 0.889. The Morgan fingerprint density at radius 1 is 1.38 bits per heavy atom. The third kappa shape index (κ3) is 0.510. The van der Waals surface area contributed by atoms with Crippen molar-refractivity contribution in [2.75, 3.05) is 0 Å². The highest BCUT2D eigenvalue weighted by atomic mass is 15.0. The molecule has 2 heterocycles. The number of nitrogens with one attached hydrogen (secondary N) is 1. The van der Waals surface area contributed by atoms with Gasteiger partial charge in [-0.3, -0.25) is 0 Å². The van der Waals surface area contributed by atoms with Gasteiger partial charge < -0.3 is 5.32 Å². The molecule has 0 aromatic carbocycles. The second kappa shape index (κ2) is 1.47. The van der Waals surface area contributed by atoms with Gasteiger partial charge in [0.1, 0.15) is 0 Å². The van der Waals surface area contributed by atoms with Crippen molar-refractivity contribution in [3.05, 3.63) is 0 Å². The van der Waals surface area contributed by atoms with Crippen LogP contribution in [0.15, 0.2) is 0 Å². The molecule has 46 valence electrons. The molecule has 8 heavy (non-hydrogen) atoms. The lowest BCUT2D eigenvalue weighted by molar-refractivity contribution is 0.439. The summed E-state index contributed by atoms with van der Waals surface area (Å²) in [5.74, 6) is 0.966. The second-order valence-corrected chi connectivity index (χ2v) is 3.26. The molecular weight excluding hydrogens is 98.1 g/mol. The van der Waals surface area contributed by atoms with E-state index in [1.54, 1.807) is 0 Å². The molecule has 3 atom stereocenters. The van der Waals surface area contributed by atoms with Crippen LogP contribution in [-0.2, 0) is 0 Å². The Hall–Kier alpha value is -0.0400. The topological polar surface area (TPSA) is 12.0 Å². The maximum atomic E-state index is 3.58. The highest BCUT2D eigenvalue weighted by Gasteiger charge is 2.35. The lowest BCUT2D eigenvalue weighted by Crippen LogP contribution is -2.20. The fraction of sp³-hybridized carbons (Fsp3) is 1.00. The average Bonchev–Trinajstić information content (AvgIpc) is 2.23. The number of rotatable bonds is 0. The zero-order chi connectivity index (χ0) is 5.56. The molecule has 2 aliphatic rings. The van der Waals surface area contributed by atoms with E-state index < -0.39 is 0 Å². The van der Waals surface area contributed by atoms with Crippen LogP contribution in [0.3, 0.4) is 0 Å². The molecule has 2 fully saturated rings. The van der Waals surface area contributed by atoms with E-state index >= 15 is 0 Å². The maximum absolute atomic E-state index is 3.58. The molecule has 2 aliphatic heterocycles. The summed E-state index contributed by atoms with van der Waals surface area (Å²) in [4.78, 5) is 0. The van der Waals surface area contributed by atoms with Crippen molar-refractivity contribution in [2.24, 2.45) is 5.92 Å². The summed E-state index contributed by atoms with van der Waals surface area (Å²) < 4.78 is 0. The third-order valence-electron chi connectivity index (χ3n) is 2.62. The van der Waals surface area contributed by atoms with Gasteiger partial charge in [0.25, 0.3) is 0 Å². The monoisotopic (exact) mass is 111 g/mol. The predicted molar refractivity (Wildman–Crippen MR) is 33.7 cm³/mol. The van der Waals surface area contributed by atoms with Gasteiger partial charge in [0, 0.05) is 12.1 Å². The van der Waals surface area contributed by atoms with E-state index in [1.165, 1.54) is 19.3 Å². The van der Waals surface area contributed by atoms with E-state index in [-0.39, 0.29) is 0 Å². The Morgan fingerprint density at radius 3 is 2.50 bits per heavy atom. The summed E-state index contributed by atoms with van der Waals surface area (Å²) in [5, 5.41) is 3.58. The van der Waals surface area contributed by atoms with Gasteiger partial charge in [-0.15, -0.1) is 0 Å². The van der Waals surface area contributed by atoms with Crippen LogP contribution in [-0.4, -0.2) is 12.1 Å². The van der Waals surface area contributed by atoms with E-state index in [2.05, 4.69) is 12.2 Å². The van der Waals surface area contributed by atoms with Crippen molar-refractivity contribution in [1.82, 2.24) is 5.32 Å². The van der Waals surface area contributed by atoms with Crippen molar-refractivity contribution in [1.29, 1.82) is 0 Å². The fourth-order valence-electron chi connectivity index (χ4n) is 2.10. The molecule has 0 aromatic heterocycles. The first-order valence-corrected chi connectivity index (χ1v) is 3.62. The maximum Gasteiger partial charge on any atom is 0.00964 e. The summed E-state index contributed by atoms with van der Waals surface area (Å²) in [6.45, 7) is 2.36. The van der Waals surface area contributed by atoms with Crippen molar-refractivity contribution in [2.45, 2.75) is 38.3 Å². The first kappa shape index (κ1) is 4.80. The van der Waals surface area contributed by atoms with Crippen LogP contribution < -0.4 is 5.32 Å². The molecule has 1 heteroatoms. The minimum absolute atomic E-state index is 0.889. The van der Waals surface area contributed by atoms with Crippen LogP contribution in [0, 0.1) is 5.92 Å². The molecule has 1 nitrogen and oxygen atoms in total. The fourth-order valence-corrected chi connectivity index (χ4v) is 2.10. The van der Waals surface area contributed by atoms with E-state index in [9.17, 15) is 0 Å². The number of hydrogen-bond acceptors (Lipinski definition) is 1. The molecule has 0 radical (unpaired) electrons. The molecular formula is C7H13N. The normalized spacial score (nSPS) is 52.9. The molecule has 0 amide bonds. The van der Waals surface area contributed by atoms with Crippen molar-refractivity contribution < 1.29 is 0 Å². The van der Waals surface area contributed by atoms with Gasteiger partial charge in [-0.2, -0.15) is 0 Å². The SMILES string of the molecule is C[C@@H]1C[C@H]2CC[C@@H]1N2. The zero-order valence-electron chi connectivity index (χ0n) is 5.35. The molecule has 2 bridgehead atoms. The lowest BCUT2D eigenvalue weighted by Gasteiger charge is -2.13. The van der Waals surface area contributed by atoms with E-state index in [0.717, 1.165) is 18.0 Å². The lowest BCUT2D eigenvalue weighted by atomic mass is 9.91. The van der Waals surface area contributed by atoms with Gasteiger partial charge in [-0.25, -0.2) is 0 Å². The van der Waals surface area contributed by atoms with Crippen LogP contribution in [0.4, 0.5) is 0 Å². The molecule has 1 N–H and O–H groups in total. The third-order valence-corrected chi connectivity index (χ3v) is 2.62. The Kier molecular flexibility index (Phi) is 0.884. The number of fused-ring (bicyclic) bond motifs is 2. The highest BCUT2D eigenvalue weighted by Crippen LogP contribution is 2.32. The van der Waals surface area contributed by atoms with Crippen molar-refractivity contribution >= 4 is 0 Å². The van der Waals surface area contributed by atoms with Gasteiger partial charge in [0.15, 0.2) is 0 Å². The Balaban J connectivity index is 2.11. The quantitative estimate of drug-likeness (QED) is 0.494. The molecule has 0 saturated carbocycles. The first-order valence-electron chi connectivity index (χ1n) is 3.62. The second-order valence-electron chi connectivity index (χ2n) is 3.26. The summed E-state index contributed by atoms with van der Waals surface area (Å²) in [5.41, 5.74) is 0. The zero-order valence-corrected chi connectivity index (χ0v) is 5.35. The van der Waals surface area contributed by atoms with E-state index in [4.69, 9.17) is 0 Å². The minimum Gasteiger partial charge on any atom is -0.311 e. The molecule has 2 rings (SSSR count). The van der Waals surface area contributed by atoms with Crippen LogP contribution in [0.5, 0.6) is 0 Å². The molecule has 0 aromatic rings. The van der Waals surface area contributed by atoms with Gasteiger partial charge in [-0.1, -0.05) is 6.92 Å². The van der Waals surface area contributed by atoms with E-state index in [0.29, 0.717) is 0 Å². The average molecular weight is 111 g/mol. The van der Waals surface area contributed by atoms with Crippen molar-refractivity contribution in [3.8, 4) is 0 Å². The van der Waals surface area contributed by atoms with Gasteiger partial charge >= 0.3 is 0 Å². The molecule has 0 spiro atoms. The summed E-state index contributed by atoms with van der Waals surface area (Å²) >= 11 is 0. The van der Waals surface area contributed by atoms with E-state index in [1.807, 2.05) is 0 Å². The van der Waals surface area contributed by atoms with Gasteiger partial charge in [-0.05, 0) is 25.2 Å². The van der Waals surface area contributed by atoms with Crippen LogP contribution >= 0.6 is 0 Å². The summed E-state index contributed by atoms with van der Waals surface area (Å²) in [7, 11) is 0. The molecule has 0 aliphatic carbocycles. The standard InChI is InChI=1S/C7H13N/c1-5-4-6-2-3-7(5)8-6/h5-8H,2-4H2,1H3/t5-,6-,7+/m1/s1. The van der Waals surface area contributed by atoms with Gasteiger partial charge in [0.05, 0.1) is 0 Å².